The van der Waals surface area contributed by atoms with Gasteiger partial charge in [0.1, 0.15) is 6.54 Å². The number of aromatic nitrogens is 2. The lowest BCUT2D eigenvalue weighted by atomic mass is 10.3. The minimum Gasteiger partial charge on any atom is -0.338 e. The molecule has 0 radical (unpaired) electrons. The van der Waals surface area contributed by atoms with Crippen molar-refractivity contribution in [3.63, 3.8) is 0 Å². The Morgan fingerprint density at radius 2 is 1.78 bits per heavy atom. The fourth-order valence-corrected chi connectivity index (χ4v) is 4.49. The third-order valence-corrected chi connectivity index (χ3v) is 6.34. The van der Waals surface area contributed by atoms with Crippen molar-refractivity contribution in [3.8, 4) is 0 Å². The molecule has 27 heavy (non-hydrogen) atoms. The summed E-state index contributed by atoms with van der Waals surface area (Å²) in [6.07, 6.45) is 0. The second kappa shape index (κ2) is 7.67. The molecule has 144 valence electrons. The molecule has 1 amide bonds. The highest BCUT2D eigenvalue weighted by Gasteiger charge is 2.30. The molecule has 1 N–H and O–H groups in total. The van der Waals surface area contributed by atoms with Gasteiger partial charge in [0.15, 0.2) is 0 Å². The highest BCUT2D eigenvalue weighted by Crippen LogP contribution is 2.20. The number of rotatable bonds is 4. The molecule has 2 heterocycles. The van der Waals surface area contributed by atoms with Crippen molar-refractivity contribution in [2.45, 2.75) is 11.4 Å². The Bertz CT molecular complexity index is 1070. The van der Waals surface area contributed by atoms with Gasteiger partial charge in [0.2, 0.25) is 15.9 Å². The zero-order chi connectivity index (χ0) is 19.6. The second-order valence-corrected chi connectivity index (χ2v) is 8.35. The van der Waals surface area contributed by atoms with Crippen LogP contribution in [0.4, 0.5) is 0 Å². The highest BCUT2D eigenvalue weighted by atomic mass is 35.5. The molecule has 1 fully saturated rings. The van der Waals surface area contributed by atoms with E-state index in [-0.39, 0.29) is 43.5 Å². The van der Waals surface area contributed by atoms with Crippen molar-refractivity contribution in [2.75, 3.05) is 26.2 Å². The van der Waals surface area contributed by atoms with Crippen LogP contribution < -0.4 is 11.1 Å². The summed E-state index contributed by atoms with van der Waals surface area (Å²) >= 11 is 5.87. The number of nitrogens with one attached hydrogen (secondary N) is 1. The lowest BCUT2D eigenvalue weighted by molar-refractivity contribution is -0.133. The van der Waals surface area contributed by atoms with Crippen molar-refractivity contribution in [1.82, 2.24) is 19.0 Å². The lowest BCUT2D eigenvalue weighted by Crippen LogP contribution is -2.51. The van der Waals surface area contributed by atoms with Gasteiger partial charge in [0, 0.05) is 43.3 Å². The van der Waals surface area contributed by atoms with Crippen molar-refractivity contribution in [1.29, 1.82) is 0 Å². The SMILES string of the molecule is O=C(Cn1[nH]c(=O)ccc1=O)N1CCN(S(=O)(=O)c2cccc(Cl)c2)CC1. The standard InChI is InChI=1S/C16H17ClN4O5S/c17-12-2-1-3-13(10-12)27(25,26)20-8-6-19(7-9-20)16(24)11-21-15(23)5-4-14(22)18-21/h1-5,10H,6-9,11H2,(H,18,22). The van der Waals surface area contributed by atoms with Crippen molar-refractivity contribution in [3.05, 3.63) is 62.1 Å². The molecule has 0 bridgehead atoms. The number of sulfonamides is 1. The van der Waals surface area contributed by atoms with Gasteiger partial charge in [-0.25, -0.2) is 13.1 Å². The molecular formula is C16H17ClN4O5S. The van der Waals surface area contributed by atoms with E-state index in [2.05, 4.69) is 5.10 Å². The van der Waals surface area contributed by atoms with E-state index in [1.54, 1.807) is 12.1 Å². The number of benzene rings is 1. The summed E-state index contributed by atoms with van der Waals surface area (Å²) in [4.78, 5) is 36.9. The van der Waals surface area contributed by atoms with Gasteiger partial charge in [-0.2, -0.15) is 4.31 Å². The lowest BCUT2D eigenvalue weighted by Gasteiger charge is -2.34. The number of hydrogen-bond donors (Lipinski definition) is 1. The summed E-state index contributed by atoms with van der Waals surface area (Å²) in [7, 11) is -3.70. The van der Waals surface area contributed by atoms with Gasteiger partial charge in [0.25, 0.3) is 11.1 Å². The minimum absolute atomic E-state index is 0.100. The monoisotopic (exact) mass is 412 g/mol. The van der Waals surface area contributed by atoms with Gasteiger partial charge in [-0.15, -0.1) is 0 Å². The summed E-state index contributed by atoms with van der Waals surface area (Å²) in [5.41, 5.74) is -0.982. The summed E-state index contributed by atoms with van der Waals surface area (Å²) in [5, 5.41) is 2.61. The number of carbonyl (C=O) groups is 1. The van der Waals surface area contributed by atoms with Crippen molar-refractivity contribution < 1.29 is 13.2 Å². The maximum atomic E-state index is 12.7. The molecule has 0 saturated carbocycles. The maximum Gasteiger partial charge on any atom is 0.265 e. The third-order valence-electron chi connectivity index (χ3n) is 4.21. The van der Waals surface area contributed by atoms with Gasteiger partial charge < -0.3 is 4.90 Å². The van der Waals surface area contributed by atoms with Crippen LogP contribution in [0.25, 0.3) is 0 Å². The number of carbonyl (C=O) groups excluding carboxylic acids is 1. The van der Waals surface area contributed by atoms with Crippen LogP contribution in [0.15, 0.2) is 50.9 Å². The fraction of sp³-hybridized carbons (Fsp3) is 0.312. The van der Waals surface area contributed by atoms with Gasteiger partial charge in [0.05, 0.1) is 4.90 Å². The number of aromatic amines is 1. The minimum atomic E-state index is -3.70. The molecule has 0 spiro atoms. The molecule has 11 heteroatoms. The average Bonchev–Trinajstić information content (AvgIpc) is 2.65. The zero-order valence-electron chi connectivity index (χ0n) is 14.2. The summed E-state index contributed by atoms with van der Waals surface area (Å²) in [6.45, 7) is 0.312. The van der Waals surface area contributed by atoms with Crippen LogP contribution in [0.3, 0.4) is 0 Å². The Hall–Kier alpha value is -2.43. The number of hydrogen-bond acceptors (Lipinski definition) is 5. The first kappa shape index (κ1) is 19.3. The van der Waals surface area contributed by atoms with E-state index in [9.17, 15) is 22.8 Å². The predicted octanol–water partition coefficient (Wildman–Crippen LogP) is -0.277. The van der Waals surface area contributed by atoms with E-state index in [4.69, 9.17) is 11.6 Å². The highest BCUT2D eigenvalue weighted by molar-refractivity contribution is 7.89. The number of amides is 1. The second-order valence-electron chi connectivity index (χ2n) is 5.98. The topological polar surface area (TPSA) is 113 Å². The molecule has 0 aliphatic carbocycles. The first-order chi connectivity index (χ1) is 12.8. The first-order valence-corrected chi connectivity index (χ1v) is 9.93. The van der Waals surface area contributed by atoms with Gasteiger partial charge in [-0.05, 0) is 18.2 Å². The Labute approximate surface area is 159 Å². The van der Waals surface area contributed by atoms with Crippen LogP contribution in [0.1, 0.15) is 0 Å². The molecule has 1 aromatic carbocycles. The number of piperazine rings is 1. The summed E-state index contributed by atoms with van der Waals surface area (Å²) < 4.78 is 27.6. The van der Waals surface area contributed by atoms with E-state index in [1.807, 2.05) is 0 Å². The molecular weight excluding hydrogens is 396 g/mol. The van der Waals surface area contributed by atoms with Crippen LogP contribution in [0.2, 0.25) is 5.02 Å². The number of halogens is 1. The van der Waals surface area contributed by atoms with Crippen LogP contribution in [0, 0.1) is 0 Å². The van der Waals surface area contributed by atoms with Crippen LogP contribution >= 0.6 is 11.6 Å². The zero-order valence-corrected chi connectivity index (χ0v) is 15.7. The molecule has 0 unspecified atom stereocenters. The average molecular weight is 413 g/mol. The maximum absolute atomic E-state index is 12.7. The normalized spacial score (nSPS) is 15.7. The molecule has 9 nitrogen and oxygen atoms in total. The summed E-state index contributed by atoms with van der Waals surface area (Å²) in [6, 6.07) is 8.17. The molecule has 1 aromatic heterocycles. The number of nitrogens with zero attached hydrogens (tertiary/aromatic N) is 3. The molecule has 0 atom stereocenters. The third kappa shape index (κ3) is 4.29. The Balaban J connectivity index is 1.66. The van der Waals surface area contributed by atoms with Gasteiger partial charge in [-0.3, -0.25) is 19.5 Å². The smallest absolute Gasteiger partial charge is 0.265 e. The van der Waals surface area contributed by atoms with Crippen molar-refractivity contribution >= 4 is 27.5 Å². The quantitative estimate of drug-likeness (QED) is 0.742. The van der Waals surface area contributed by atoms with E-state index < -0.39 is 21.1 Å². The molecule has 3 rings (SSSR count). The van der Waals surface area contributed by atoms with Crippen molar-refractivity contribution in [2.24, 2.45) is 0 Å². The van der Waals surface area contributed by atoms with E-state index in [0.29, 0.717) is 5.02 Å². The molecule has 2 aromatic rings. The Morgan fingerprint density at radius 3 is 2.44 bits per heavy atom. The molecule has 1 saturated heterocycles. The Kier molecular flexibility index (Phi) is 5.49. The fourth-order valence-electron chi connectivity index (χ4n) is 2.77. The van der Waals surface area contributed by atoms with Gasteiger partial charge >= 0.3 is 0 Å². The van der Waals surface area contributed by atoms with Crippen LogP contribution in [0.5, 0.6) is 0 Å². The molecule has 1 aliphatic heterocycles. The predicted molar refractivity (Wildman–Crippen MR) is 98.1 cm³/mol. The molecule has 1 aliphatic rings. The van der Waals surface area contributed by atoms with E-state index >= 15 is 0 Å². The van der Waals surface area contributed by atoms with Crippen LogP contribution in [-0.2, 0) is 21.4 Å². The summed E-state index contributed by atoms with van der Waals surface area (Å²) in [5.74, 6) is -0.376. The number of H-pyrrole nitrogens is 1. The van der Waals surface area contributed by atoms with Crippen LogP contribution in [-0.4, -0.2) is 59.5 Å². The van der Waals surface area contributed by atoms with E-state index in [0.717, 1.165) is 16.8 Å². The first-order valence-electron chi connectivity index (χ1n) is 8.11. The van der Waals surface area contributed by atoms with Gasteiger partial charge in [-0.1, -0.05) is 17.7 Å². The largest absolute Gasteiger partial charge is 0.338 e. The van der Waals surface area contributed by atoms with E-state index in [1.165, 1.54) is 21.3 Å². The Morgan fingerprint density at radius 1 is 1.07 bits per heavy atom.